The zero-order valence-corrected chi connectivity index (χ0v) is 20.7. The van der Waals surface area contributed by atoms with Crippen LogP contribution in [0.2, 0.25) is 0 Å². The predicted molar refractivity (Wildman–Crippen MR) is 129 cm³/mol. The second-order valence-electron chi connectivity index (χ2n) is 9.86. The molecule has 1 aliphatic carbocycles. The second-order valence-corrected chi connectivity index (χ2v) is 9.86. The number of nitrogens with zero attached hydrogens (tertiary/aromatic N) is 2. The van der Waals surface area contributed by atoms with Crippen molar-refractivity contribution in [1.82, 2.24) is 15.5 Å². The molecule has 0 atom stereocenters. The summed E-state index contributed by atoms with van der Waals surface area (Å²) in [6.45, 7) is 10.1. The lowest BCUT2D eigenvalue weighted by Gasteiger charge is -2.30. The molecule has 1 saturated carbocycles. The maximum Gasteiger partial charge on any atom is 0.227 e. The fraction of sp³-hybridized carbons (Fsp3) is 0.615. The van der Waals surface area contributed by atoms with Crippen molar-refractivity contribution in [2.75, 3.05) is 5.32 Å². The van der Waals surface area contributed by atoms with E-state index < -0.39 is 5.54 Å². The number of carbonyl (C=O) groups excluding carboxylic acids is 2. The van der Waals surface area contributed by atoms with Crippen LogP contribution >= 0.6 is 0 Å². The van der Waals surface area contributed by atoms with E-state index in [1.54, 1.807) is 0 Å². The summed E-state index contributed by atoms with van der Waals surface area (Å²) in [5, 5.41) is 10.4. The summed E-state index contributed by atoms with van der Waals surface area (Å²) >= 11 is 0. The Kier molecular flexibility index (Phi) is 8.27. The number of carbonyl (C=O) groups is 2. The Balaban J connectivity index is 1.71. The van der Waals surface area contributed by atoms with Gasteiger partial charge in [0.05, 0.1) is 0 Å². The Morgan fingerprint density at radius 1 is 1.03 bits per heavy atom. The van der Waals surface area contributed by atoms with Gasteiger partial charge in [-0.3, -0.25) is 9.59 Å². The van der Waals surface area contributed by atoms with E-state index >= 15 is 0 Å². The van der Waals surface area contributed by atoms with E-state index in [9.17, 15) is 9.59 Å². The quantitative estimate of drug-likeness (QED) is 0.508. The van der Waals surface area contributed by atoms with Crippen LogP contribution in [0, 0.1) is 0 Å². The van der Waals surface area contributed by atoms with Crippen LogP contribution in [0.4, 0.5) is 5.69 Å². The molecule has 0 aliphatic heterocycles. The first-order valence-electron chi connectivity index (χ1n) is 12.3. The topological polar surface area (TPSA) is 97.1 Å². The first-order chi connectivity index (χ1) is 15.7. The lowest BCUT2D eigenvalue weighted by atomic mass is 9.89. The van der Waals surface area contributed by atoms with Crippen LogP contribution in [0.5, 0.6) is 0 Å². The molecule has 0 saturated heterocycles. The largest absolute Gasteiger partial charge is 0.343 e. The van der Waals surface area contributed by atoms with Crippen LogP contribution in [0.25, 0.3) is 0 Å². The molecule has 1 aromatic carbocycles. The van der Waals surface area contributed by atoms with Crippen molar-refractivity contribution >= 4 is 17.5 Å². The number of anilines is 1. The van der Waals surface area contributed by atoms with Gasteiger partial charge in [-0.25, -0.2) is 0 Å². The van der Waals surface area contributed by atoms with E-state index in [1.807, 2.05) is 0 Å². The average molecular weight is 455 g/mol. The third-order valence-corrected chi connectivity index (χ3v) is 6.47. The predicted octanol–water partition coefficient (Wildman–Crippen LogP) is 5.57. The Labute approximate surface area is 197 Å². The number of nitrogens with one attached hydrogen (secondary N) is 2. The van der Waals surface area contributed by atoms with Gasteiger partial charge in [-0.1, -0.05) is 76.7 Å². The van der Waals surface area contributed by atoms with Crippen molar-refractivity contribution < 1.29 is 14.1 Å². The van der Waals surface area contributed by atoms with E-state index in [4.69, 9.17) is 4.52 Å². The highest BCUT2D eigenvalue weighted by Crippen LogP contribution is 2.35. The van der Waals surface area contributed by atoms with Crippen molar-refractivity contribution in [2.45, 2.75) is 103 Å². The highest BCUT2D eigenvalue weighted by molar-refractivity contribution is 5.92. The lowest BCUT2D eigenvalue weighted by Crippen LogP contribution is -2.45. The van der Waals surface area contributed by atoms with Crippen molar-refractivity contribution in [3.63, 3.8) is 0 Å². The number of aryl methyl sites for hydroxylation is 1. The van der Waals surface area contributed by atoms with Crippen molar-refractivity contribution in [3.8, 4) is 0 Å². The van der Waals surface area contributed by atoms with Crippen molar-refractivity contribution in [1.29, 1.82) is 0 Å². The molecule has 1 aromatic heterocycles. The Bertz CT molecular complexity index is 930. The maximum absolute atomic E-state index is 12.8. The molecule has 180 valence electrons. The van der Waals surface area contributed by atoms with Crippen LogP contribution in [0.1, 0.15) is 114 Å². The molecule has 2 amide bonds. The molecule has 1 aliphatic rings. The molecule has 0 spiro atoms. The summed E-state index contributed by atoms with van der Waals surface area (Å²) in [5.41, 5.74) is 2.62. The fourth-order valence-electron chi connectivity index (χ4n) is 4.74. The molecule has 7 heteroatoms. The van der Waals surface area contributed by atoms with E-state index in [1.165, 1.54) is 6.92 Å². The molecule has 0 unspecified atom stereocenters. The molecule has 0 bridgehead atoms. The van der Waals surface area contributed by atoms with Gasteiger partial charge in [0.1, 0.15) is 5.54 Å². The zero-order valence-electron chi connectivity index (χ0n) is 20.7. The first-order valence-corrected chi connectivity index (χ1v) is 12.3. The number of hydrogen-bond acceptors (Lipinski definition) is 5. The summed E-state index contributed by atoms with van der Waals surface area (Å²) in [5.74, 6) is 1.41. The van der Waals surface area contributed by atoms with E-state index in [2.05, 4.69) is 66.7 Å². The van der Waals surface area contributed by atoms with E-state index in [-0.39, 0.29) is 18.2 Å². The monoisotopic (exact) mass is 454 g/mol. The summed E-state index contributed by atoms with van der Waals surface area (Å²) in [7, 11) is 0. The van der Waals surface area contributed by atoms with Gasteiger partial charge >= 0.3 is 0 Å². The van der Waals surface area contributed by atoms with Gasteiger partial charge in [0, 0.05) is 25.5 Å². The summed E-state index contributed by atoms with van der Waals surface area (Å²) < 4.78 is 5.50. The Hall–Kier alpha value is -2.70. The molecule has 33 heavy (non-hydrogen) atoms. The van der Waals surface area contributed by atoms with Crippen molar-refractivity contribution in [3.05, 3.63) is 41.0 Å². The minimum atomic E-state index is -0.575. The molecule has 2 aromatic rings. The van der Waals surface area contributed by atoms with Gasteiger partial charge in [-0.05, 0) is 35.8 Å². The maximum atomic E-state index is 12.8. The van der Waals surface area contributed by atoms with Crippen LogP contribution in [0.15, 0.2) is 22.7 Å². The van der Waals surface area contributed by atoms with Gasteiger partial charge in [0.25, 0.3) is 0 Å². The van der Waals surface area contributed by atoms with Gasteiger partial charge in [0.15, 0.2) is 5.82 Å². The third-order valence-electron chi connectivity index (χ3n) is 6.47. The SMILES string of the molecule is CC(=O)NC1(c2noc(CCC(=O)Nc3c(C(C)C)cccc3C(C)C)n2)CCCCCC1. The minimum absolute atomic E-state index is 0.0733. The van der Waals surface area contributed by atoms with Crippen LogP contribution < -0.4 is 10.6 Å². The highest BCUT2D eigenvalue weighted by atomic mass is 16.5. The van der Waals surface area contributed by atoms with Crippen LogP contribution in [0.3, 0.4) is 0 Å². The van der Waals surface area contributed by atoms with Crippen LogP contribution in [-0.4, -0.2) is 22.0 Å². The first kappa shape index (κ1) is 24.9. The summed E-state index contributed by atoms with van der Waals surface area (Å²) in [6.07, 6.45) is 6.52. The number of para-hydroxylation sites is 1. The number of aromatic nitrogens is 2. The molecule has 7 nitrogen and oxygen atoms in total. The second kappa shape index (κ2) is 10.9. The third kappa shape index (κ3) is 6.21. The molecular formula is C26H38N4O3. The van der Waals surface area contributed by atoms with E-state index in [0.717, 1.165) is 55.3 Å². The normalized spacial score (nSPS) is 16.0. The summed E-state index contributed by atoms with van der Waals surface area (Å²) in [4.78, 5) is 29.3. The van der Waals surface area contributed by atoms with Gasteiger partial charge in [0.2, 0.25) is 17.7 Å². The van der Waals surface area contributed by atoms with E-state index in [0.29, 0.717) is 30.0 Å². The Morgan fingerprint density at radius 3 is 2.18 bits per heavy atom. The van der Waals surface area contributed by atoms with Gasteiger partial charge in [-0.2, -0.15) is 4.98 Å². The molecule has 0 radical (unpaired) electrons. The number of benzene rings is 1. The standard InChI is InChI=1S/C26H38N4O3/c1-17(2)20-11-10-12-21(18(3)4)24(20)27-22(32)13-14-23-28-25(30-33-23)26(29-19(5)31)15-8-6-7-9-16-26/h10-12,17-18H,6-9,13-16H2,1-5H3,(H,27,32)(H,29,31). The van der Waals surface area contributed by atoms with Crippen LogP contribution in [-0.2, 0) is 21.5 Å². The highest BCUT2D eigenvalue weighted by Gasteiger charge is 2.38. The smallest absolute Gasteiger partial charge is 0.227 e. The van der Waals surface area contributed by atoms with Gasteiger partial charge in [-0.15, -0.1) is 0 Å². The molecule has 1 fully saturated rings. The molecule has 3 rings (SSSR count). The number of rotatable bonds is 8. The lowest BCUT2D eigenvalue weighted by molar-refractivity contribution is -0.121. The zero-order chi connectivity index (χ0) is 24.0. The average Bonchev–Trinajstić information content (AvgIpc) is 3.12. The molecule has 2 N–H and O–H groups in total. The van der Waals surface area contributed by atoms with Crippen molar-refractivity contribution in [2.24, 2.45) is 0 Å². The van der Waals surface area contributed by atoms with Gasteiger partial charge < -0.3 is 15.2 Å². The molecule has 1 heterocycles. The molecular weight excluding hydrogens is 416 g/mol. The number of hydrogen-bond donors (Lipinski definition) is 2. The number of amides is 2. The minimum Gasteiger partial charge on any atom is -0.343 e. The Morgan fingerprint density at radius 2 is 1.64 bits per heavy atom. The fourth-order valence-corrected chi connectivity index (χ4v) is 4.74. The summed E-state index contributed by atoms with van der Waals surface area (Å²) in [6, 6.07) is 6.20.